The minimum atomic E-state index is -4.12. The average Bonchev–Trinajstić information content (AvgIpc) is 3.48. The topological polar surface area (TPSA) is 185 Å². The fourth-order valence-electron chi connectivity index (χ4n) is 5.12. The number of unbranched alkanes of at least 4 members (excludes halogenated alkanes) is 1. The summed E-state index contributed by atoms with van der Waals surface area (Å²) in [6, 6.07) is 10.8. The second-order valence-corrected chi connectivity index (χ2v) is 12.5. The predicted molar refractivity (Wildman–Crippen MR) is 171 cm³/mol. The van der Waals surface area contributed by atoms with Gasteiger partial charge in [0.05, 0.1) is 17.7 Å². The first-order chi connectivity index (χ1) is 20.9. The quantitative estimate of drug-likeness (QED) is 0.152. The number of amides is 2. The van der Waals surface area contributed by atoms with Gasteiger partial charge in [0.1, 0.15) is 17.0 Å². The number of halogens is 2. The van der Waals surface area contributed by atoms with Crippen LogP contribution in [0, 0.1) is 0 Å². The number of carbonyl (C=O) groups is 4. The highest BCUT2D eigenvalue weighted by atomic mass is 35.5. The lowest BCUT2D eigenvalue weighted by molar-refractivity contribution is -0.150. The molecular weight excluding hydrogens is 647 g/mol. The van der Waals surface area contributed by atoms with Crippen molar-refractivity contribution in [2.24, 2.45) is 5.14 Å². The summed E-state index contributed by atoms with van der Waals surface area (Å²) >= 11 is 5.89. The Morgan fingerprint density at radius 1 is 1.09 bits per heavy atom. The van der Waals surface area contributed by atoms with Crippen LogP contribution in [0.4, 0.5) is 0 Å². The zero-order chi connectivity index (χ0) is 32.3. The van der Waals surface area contributed by atoms with Gasteiger partial charge in [0, 0.05) is 18.7 Å². The molecule has 15 heteroatoms. The van der Waals surface area contributed by atoms with Gasteiger partial charge in [-0.25, -0.2) is 18.4 Å². The summed E-state index contributed by atoms with van der Waals surface area (Å²) in [6.07, 6.45) is 3.02. The van der Waals surface area contributed by atoms with E-state index in [0.29, 0.717) is 45.1 Å². The minimum absolute atomic E-state index is 0. The fourth-order valence-corrected chi connectivity index (χ4v) is 6.19. The Morgan fingerprint density at radius 2 is 1.80 bits per heavy atom. The van der Waals surface area contributed by atoms with Gasteiger partial charge >= 0.3 is 11.9 Å². The van der Waals surface area contributed by atoms with E-state index in [1.54, 1.807) is 6.92 Å². The van der Waals surface area contributed by atoms with E-state index in [1.807, 2.05) is 30.3 Å². The van der Waals surface area contributed by atoms with Crippen molar-refractivity contribution < 1.29 is 37.4 Å². The molecule has 1 saturated heterocycles. The summed E-state index contributed by atoms with van der Waals surface area (Å²) in [7, 11) is -4.12. The zero-order valence-corrected chi connectivity index (χ0v) is 27.3. The van der Waals surface area contributed by atoms with Crippen molar-refractivity contribution >= 4 is 57.8 Å². The SMILES string of the molecule is CCOC(=O)[C@H](CCc1ccccc1)N[C@@H](CCCCNC(=O)c1ccc(Cl)c(S(N)(=O)=O)c1)C(=O)N1CCC[C@H]1C(=O)O.Cl. The van der Waals surface area contributed by atoms with E-state index >= 15 is 0 Å². The molecule has 1 aliphatic heterocycles. The molecule has 45 heavy (non-hydrogen) atoms. The number of nitrogens with zero attached hydrogens (tertiary/aromatic N) is 1. The molecule has 2 aromatic rings. The van der Waals surface area contributed by atoms with E-state index in [-0.39, 0.29) is 47.5 Å². The van der Waals surface area contributed by atoms with Crippen LogP contribution in [0.5, 0.6) is 0 Å². The summed E-state index contributed by atoms with van der Waals surface area (Å²) in [5, 5.41) is 20.6. The highest BCUT2D eigenvalue weighted by Gasteiger charge is 2.38. The molecular formula is C30H40Cl2N4O8S. The maximum absolute atomic E-state index is 13.7. The number of hydrogen-bond donors (Lipinski definition) is 4. The Balaban J connectivity index is 0.00000705. The molecule has 0 unspecified atom stereocenters. The van der Waals surface area contributed by atoms with Crippen molar-refractivity contribution in [1.82, 2.24) is 15.5 Å². The van der Waals surface area contributed by atoms with Crippen LogP contribution in [0.2, 0.25) is 5.02 Å². The highest BCUT2D eigenvalue weighted by molar-refractivity contribution is 7.89. The molecule has 0 spiro atoms. The number of benzene rings is 2. The number of aryl methyl sites for hydroxylation is 1. The number of ether oxygens (including phenoxy) is 1. The summed E-state index contributed by atoms with van der Waals surface area (Å²) in [4.78, 5) is 52.0. The first-order valence-electron chi connectivity index (χ1n) is 14.5. The number of carboxylic acid groups (broad SMARTS) is 1. The number of carbonyl (C=O) groups excluding carboxylic acids is 3. The summed E-state index contributed by atoms with van der Waals surface area (Å²) in [6.45, 7) is 2.38. The molecule has 1 aliphatic rings. The monoisotopic (exact) mass is 686 g/mol. The van der Waals surface area contributed by atoms with Crippen LogP contribution in [0.25, 0.3) is 0 Å². The molecule has 1 heterocycles. The number of esters is 1. The number of sulfonamides is 1. The van der Waals surface area contributed by atoms with E-state index in [9.17, 15) is 32.7 Å². The van der Waals surface area contributed by atoms with Gasteiger partial charge in [0.25, 0.3) is 5.91 Å². The van der Waals surface area contributed by atoms with Crippen molar-refractivity contribution in [3.8, 4) is 0 Å². The lowest BCUT2D eigenvalue weighted by Crippen LogP contribution is -2.54. The smallest absolute Gasteiger partial charge is 0.326 e. The van der Waals surface area contributed by atoms with Crippen LogP contribution >= 0.6 is 24.0 Å². The maximum atomic E-state index is 13.7. The van der Waals surface area contributed by atoms with Crippen LogP contribution in [-0.4, -0.2) is 80.0 Å². The number of rotatable bonds is 16. The van der Waals surface area contributed by atoms with Crippen molar-refractivity contribution in [1.29, 1.82) is 0 Å². The van der Waals surface area contributed by atoms with Gasteiger partial charge in [0.15, 0.2) is 0 Å². The minimum Gasteiger partial charge on any atom is -0.480 e. The number of hydrogen-bond acceptors (Lipinski definition) is 8. The molecule has 0 aliphatic carbocycles. The van der Waals surface area contributed by atoms with Crippen molar-refractivity contribution in [2.45, 2.75) is 74.9 Å². The van der Waals surface area contributed by atoms with E-state index < -0.39 is 51.9 Å². The predicted octanol–water partition coefficient (Wildman–Crippen LogP) is 2.91. The van der Waals surface area contributed by atoms with E-state index in [2.05, 4.69) is 10.6 Å². The third-order valence-electron chi connectivity index (χ3n) is 7.36. The molecule has 12 nitrogen and oxygen atoms in total. The van der Waals surface area contributed by atoms with Crippen LogP contribution in [0.3, 0.4) is 0 Å². The van der Waals surface area contributed by atoms with E-state index in [0.717, 1.165) is 11.6 Å². The second kappa shape index (κ2) is 18.1. The van der Waals surface area contributed by atoms with Gasteiger partial charge < -0.3 is 20.1 Å². The second-order valence-electron chi connectivity index (χ2n) is 10.5. The first kappa shape index (κ1) is 38.0. The van der Waals surface area contributed by atoms with Crippen molar-refractivity contribution in [3.05, 3.63) is 64.7 Å². The molecule has 5 N–H and O–H groups in total. The van der Waals surface area contributed by atoms with Gasteiger partial charge in [-0.05, 0) is 75.6 Å². The van der Waals surface area contributed by atoms with Crippen LogP contribution in [0.15, 0.2) is 53.4 Å². The standard InChI is InChI=1S/C30H39ClN4O8S.ClH/c1-2-43-30(40)24(16-13-20-9-4-3-5-10-20)34-23(28(37)35-18-8-12-25(35)29(38)39)11-6-7-17-33-27(36)21-14-15-22(31)26(19-21)44(32,41)42;/h3-5,9-10,14-15,19,23-25,34H,2,6-8,11-13,16-18H2,1H3,(H,33,36)(H,38,39)(H2,32,41,42);1H/t23-,24-,25-;/m0./s1. The Bertz CT molecular complexity index is 1430. The summed E-state index contributed by atoms with van der Waals surface area (Å²) < 4.78 is 28.7. The fraction of sp³-hybridized carbons (Fsp3) is 0.467. The van der Waals surface area contributed by atoms with Crippen molar-refractivity contribution in [3.63, 3.8) is 0 Å². The van der Waals surface area contributed by atoms with E-state index in [4.69, 9.17) is 21.5 Å². The zero-order valence-electron chi connectivity index (χ0n) is 24.9. The van der Waals surface area contributed by atoms with Crippen molar-refractivity contribution in [2.75, 3.05) is 19.7 Å². The molecule has 0 saturated carbocycles. The third-order valence-corrected chi connectivity index (χ3v) is 8.75. The number of aliphatic carboxylic acids is 1. The summed E-state index contributed by atoms with van der Waals surface area (Å²) in [5.74, 6) is -2.49. The maximum Gasteiger partial charge on any atom is 0.326 e. The number of nitrogens with two attached hydrogens (primary N) is 1. The van der Waals surface area contributed by atoms with Crippen LogP contribution in [-0.2, 0) is 35.6 Å². The Kier molecular flexibility index (Phi) is 15.2. The van der Waals surface area contributed by atoms with Gasteiger partial charge in [0.2, 0.25) is 15.9 Å². The highest BCUT2D eigenvalue weighted by Crippen LogP contribution is 2.22. The average molecular weight is 688 g/mol. The number of carboxylic acids is 1. The van der Waals surface area contributed by atoms with Gasteiger partial charge in [-0.15, -0.1) is 12.4 Å². The molecule has 2 amide bonds. The third kappa shape index (κ3) is 11.3. The number of nitrogens with one attached hydrogen (secondary N) is 2. The number of likely N-dealkylation sites (tertiary alicyclic amines) is 1. The normalized spacial score (nSPS) is 15.9. The lowest BCUT2D eigenvalue weighted by atomic mass is 10.0. The molecule has 0 bridgehead atoms. The number of primary sulfonamides is 1. The first-order valence-corrected chi connectivity index (χ1v) is 16.4. The molecule has 0 aromatic heterocycles. The van der Waals surface area contributed by atoms with Gasteiger partial charge in [-0.2, -0.15) is 0 Å². The van der Waals surface area contributed by atoms with E-state index in [1.165, 1.54) is 17.0 Å². The molecule has 2 aromatic carbocycles. The molecule has 1 fully saturated rings. The Hall–Kier alpha value is -3.23. The van der Waals surface area contributed by atoms with Gasteiger partial charge in [-0.1, -0.05) is 41.9 Å². The van der Waals surface area contributed by atoms with Crippen LogP contribution < -0.4 is 15.8 Å². The molecule has 248 valence electrons. The lowest BCUT2D eigenvalue weighted by Gasteiger charge is -2.30. The van der Waals surface area contributed by atoms with Crippen LogP contribution in [0.1, 0.15) is 61.4 Å². The summed E-state index contributed by atoms with van der Waals surface area (Å²) in [5.41, 5.74) is 1.09. The molecule has 3 rings (SSSR count). The molecule has 3 atom stereocenters. The Morgan fingerprint density at radius 3 is 2.44 bits per heavy atom. The molecule has 0 radical (unpaired) electrons. The largest absolute Gasteiger partial charge is 0.480 e. The van der Waals surface area contributed by atoms with Gasteiger partial charge in [-0.3, -0.25) is 19.7 Å². The Labute approximate surface area is 274 Å².